The van der Waals surface area contributed by atoms with Crippen molar-refractivity contribution in [3.63, 3.8) is 0 Å². The predicted octanol–water partition coefficient (Wildman–Crippen LogP) is 4.60. The topological polar surface area (TPSA) is 86.5 Å². The van der Waals surface area contributed by atoms with Crippen LogP contribution in [0.15, 0.2) is 77.9 Å². The first-order valence-corrected chi connectivity index (χ1v) is 9.03. The quantitative estimate of drug-likeness (QED) is 0.481. The van der Waals surface area contributed by atoms with E-state index in [0.29, 0.717) is 16.9 Å². The van der Waals surface area contributed by atoms with Gasteiger partial charge in [-0.1, -0.05) is 48.5 Å². The monoisotopic (exact) mass is 384 g/mol. The fourth-order valence-corrected chi connectivity index (χ4v) is 2.65. The number of carbonyl (C=O) groups is 1. The third-order valence-corrected chi connectivity index (χ3v) is 4.20. The Hall–Kier alpha value is -4.11. The number of aryl methyl sites for hydroxylation is 1. The van der Waals surface area contributed by atoms with Crippen LogP contribution in [0.4, 0.5) is 10.5 Å². The van der Waals surface area contributed by atoms with Crippen LogP contribution in [0, 0.1) is 18.3 Å². The number of nitrogens with one attached hydrogen (secondary N) is 2. The van der Waals surface area contributed by atoms with Gasteiger partial charge in [-0.25, -0.2) is 10.2 Å². The molecule has 0 aliphatic rings. The van der Waals surface area contributed by atoms with Crippen LogP contribution in [0.25, 0.3) is 0 Å². The molecule has 0 fully saturated rings. The van der Waals surface area contributed by atoms with Gasteiger partial charge in [0.25, 0.3) is 0 Å². The van der Waals surface area contributed by atoms with E-state index in [1.165, 1.54) is 6.21 Å². The summed E-state index contributed by atoms with van der Waals surface area (Å²) < 4.78 is 5.86. The zero-order valence-corrected chi connectivity index (χ0v) is 15.9. The van der Waals surface area contributed by atoms with Gasteiger partial charge in [0.15, 0.2) is 0 Å². The average Bonchev–Trinajstić information content (AvgIpc) is 2.75. The van der Waals surface area contributed by atoms with E-state index in [2.05, 4.69) is 21.9 Å². The molecule has 0 saturated heterocycles. The molecule has 6 heteroatoms. The third-order valence-electron chi connectivity index (χ3n) is 4.20. The van der Waals surface area contributed by atoms with Crippen LogP contribution in [0.2, 0.25) is 0 Å². The summed E-state index contributed by atoms with van der Waals surface area (Å²) in [6, 6.07) is 23.8. The minimum atomic E-state index is -0.433. The van der Waals surface area contributed by atoms with Gasteiger partial charge >= 0.3 is 6.03 Å². The van der Waals surface area contributed by atoms with E-state index in [0.717, 1.165) is 16.8 Å². The molecule has 3 aromatic carbocycles. The van der Waals surface area contributed by atoms with Gasteiger partial charge in [-0.3, -0.25) is 0 Å². The van der Waals surface area contributed by atoms with Crippen LogP contribution < -0.4 is 15.5 Å². The Bertz CT molecular complexity index is 1070. The molecule has 0 unspecified atom stereocenters. The van der Waals surface area contributed by atoms with Gasteiger partial charge in [0.1, 0.15) is 12.4 Å². The molecule has 0 heterocycles. The Kier molecular flexibility index (Phi) is 6.58. The summed E-state index contributed by atoms with van der Waals surface area (Å²) in [6.45, 7) is 2.17. The molecule has 0 aliphatic heterocycles. The number of rotatable bonds is 6. The SMILES string of the molecule is Cc1ccccc1NC(=O)NN=Cc1ccccc1OCc1ccccc1C#N. The molecule has 0 bridgehead atoms. The number of nitriles is 1. The molecular weight excluding hydrogens is 364 g/mol. The third kappa shape index (κ3) is 5.44. The molecule has 3 rings (SSSR count). The fourth-order valence-electron chi connectivity index (χ4n) is 2.65. The Morgan fingerprint density at radius 3 is 2.62 bits per heavy atom. The van der Waals surface area contributed by atoms with Crippen LogP contribution in [-0.4, -0.2) is 12.2 Å². The Balaban J connectivity index is 1.62. The average molecular weight is 384 g/mol. The lowest BCUT2D eigenvalue weighted by Gasteiger charge is -2.10. The summed E-state index contributed by atoms with van der Waals surface area (Å²) >= 11 is 0. The van der Waals surface area contributed by atoms with E-state index in [1.54, 1.807) is 6.07 Å². The Morgan fingerprint density at radius 2 is 1.79 bits per heavy atom. The van der Waals surface area contributed by atoms with E-state index in [4.69, 9.17) is 4.74 Å². The second-order valence-electron chi connectivity index (χ2n) is 6.23. The summed E-state index contributed by atoms with van der Waals surface area (Å²) in [5.41, 5.74) is 6.22. The van der Waals surface area contributed by atoms with E-state index >= 15 is 0 Å². The molecule has 3 aromatic rings. The summed E-state index contributed by atoms with van der Waals surface area (Å²) in [5, 5.41) is 15.9. The fraction of sp³-hybridized carbons (Fsp3) is 0.0870. The number of hydrogen-bond acceptors (Lipinski definition) is 4. The van der Waals surface area contributed by atoms with Gasteiger partial charge in [-0.05, 0) is 36.8 Å². The largest absolute Gasteiger partial charge is 0.488 e. The Labute approximate surface area is 169 Å². The van der Waals surface area contributed by atoms with Crippen LogP contribution in [0.1, 0.15) is 22.3 Å². The lowest BCUT2D eigenvalue weighted by molar-refractivity contribution is 0.252. The highest BCUT2D eigenvalue weighted by atomic mass is 16.5. The van der Waals surface area contributed by atoms with Crippen LogP contribution in [-0.2, 0) is 6.61 Å². The number of amides is 2. The first kappa shape index (κ1) is 19.6. The van der Waals surface area contributed by atoms with Gasteiger partial charge in [0.2, 0.25) is 0 Å². The highest BCUT2D eigenvalue weighted by molar-refractivity contribution is 5.91. The number of nitrogens with zero attached hydrogens (tertiary/aromatic N) is 2. The highest BCUT2D eigenvalue weighted by Gasteiger charge is 2.06. The minimum Gasteiger partial charge on any atom is -0.488 e. The van der Waals surface area contributed by atoms with Crippen LogP contribution in [0.5, 0.6) is 5.75 Å². The predicted molar refractivity (Wildman–Crippen MR) is 113 cm³/mol. The summed E-state index contributed by atoms with van der Waals surface area (Å²) in [4.78, 5) is 12.0. The van der Waals surface area contributed by atoms with Gasteiger partial charge in [-0.2, -0.15) is 10.4 Å². The van der Waals surface area contributed by atoms with Crippen molar-refractivity contribution in [3.05, 3.63) is 95.1 Å². The maximum absolute atomic E-state index is 12.0. The van der Waals surface area contributed by atoms with Crippen molar-refractivity contribution >= 4 is 17.9 Å². The highest BCUT2D eigenvalue weighted by Crippen LogP contribution is 2.19. The molecule has 144 valence electrons. The zero-order chi connectivity index (χ0) is 20.5. The number of anilines is 1. The number of benzene rings is 3. The Morgan fingerprint density at radius 1 is 1.07 bits per heavy atom. The second-order valence-corrected chi connectivity index (χ2v) is 6.23. The first-order valence-electron chi connectivity index (χ1n) is 9.03. The molecule has 0 aromatic heterocycles. The van der Waals surface area contributed by atoms with E-state index in [9.17, 15) is 10.1 Å². The zero-order valence-electron chi connectivity index (χ0n) is 15.9. The van der Waals surface area contributed by atoms with Crippen LogP contribution in [0.3, 0.4) is 0 Å². The molecule has 0 spiro atoms. The van der Waals surface area contributed by atoms with Crippen molar-refractivity contribution in [1.82, 2.24) is 5.43 Å². The summed E-state index contributed by atoms with van der Waals surface area (Å²) in [5.74, 6) is 0.602. The van der Waals surface area contributed by atoms with E-state index in [1.807, 2.05) is 73.7 Å². The number of hydrogen-bond donors (Lipinski definition) is 2. The smallest absolute Gasteiger partial charge is 0.339 e. The van der Waals surface area contributed by atoms with Crippen molar-refractivity contribution in [2.75, 3.05) is 5.32 Å². The van der Waals surface area contributed by atoms with E-state index < -0.39 is 6.03 Å². The normalized spacial score (nSPS) is 10.3. The molecule has 0 radical (unpaired) electrons. The first-order chi connectivity index (χ1) is 14.2. The number of carbonyl (C=O) groups excluding carboxylic acids is 1. The van der Waals surface area contributed by atoms with Gasteiger partial charge in [0, 0.05) is 16.8 Å². The maximum Gasteiger partial charge on any atom is 0.339 e. The van der Waals surface area contributed by atoms with Crippen molar-refractivity contribution in [1.29, 1.82) is 5.26 Å². The number of hydrazone groups is 1. The second kappa shape index (κ2) is 9.72. The van der Waals surface area contributed by atoms with Gasteiger partial charge in [-0.15, -0.1) is 0 Å². The summed E-state index contributed by atoms with van der Waals surface area (Å²) in [7, 11) is 0. The molecule has 2 amide bonds. The van der Waals surface area contributed by atoms with E-state index in [-0.39, 0.29) is 6.61 Å². The van der Waals surface area contributed by atoms with Gasteiger partial charge < -0.3 is 10.1 Å². The molecule has 0 saturated carbocycles. The lowest BCUT2D eigenvalue weighted by atomic mass is 10.1. The molecule has 6 nitrogen and oxygen atoms in total. The molecule has 29 heavy (non-hydrogen) atoms. The molecule has 0 atom stereocenters. The molecule has 0 aliphatic carbocycles. The van der Waals surface area contributed by atoms with Gasteiger partial charge in [0.05, 0.1) is 17.8 Å². The van der Waals surface area contributed by atoms with Crippen molar-refractivity contribution < 1.29 is 9.53 Å². The number of para-hydroxylation sites is 2. The van der Waals surface area contributed by atoms with Crippen molar-refractivity contribution in [2.24, 2.45) is 5.10 Å². The summed E-state index contributed by atoms with van der Waals surface area (Å²) in [6.07, 6.45) is 1.52. The number of ether oxygens (including phenoxy) is 1. The van der Waals surface area contributed by atoms with Crippen molar-refractivity contribution in [3.8, 4) is 11.8 Å². The standard InChI is InChI=1S/C23H20N4O2/c1-17-8-2-6-12-21(17)26-23(28)27-25-15-19-10-5-7-13-22(19)29-16-20-11-4-3-9-18(20)14-24/h2-13,15H,16H2,1H3,(H2,26,27,28). The maximum atomic E-state index is 12.0. The van der Waals surface area contributed by atoms with Crippen LogP contribution >= 0.6 is 0 Å². The minimum absolute atomic E-state index is 0.260. The molecule has 2 N–H and O–H groups in total. The lowest BCUT2D eigenvalue weighted by Crippen LogP contribution is -2.24. The molecular formula is C23H20N4O2. The van der Waals surface area contributed by atoms with Crippen molar-refractivity contribution in [2.45, 2.75) is 13.5 Å². The number of urea groups is 1.